The van der Waals surface area contributed by atoms with E-state index in [9.17, 15) is 4.39 Å². The number of nitrogens with zero attached hydrogens (tertiary/aromatic N) is 5. The molecule has 1 atom stereocenters. The maximum atomic E-state index is 13.0. The maximum Gasteiger partial charge on any atom is 0.168 e. The summed E-state index contributed by atoms with van der Waals surface area (Å²) in [6, 6.07) is 3.16. The number of halogens is 1. The van der Waals surface area contributed by atoms with E-state index in [1.54, 1.807) is 17.5 Å². The zero-order valence-electron chi connectivity index (χ0n) is 11.9. The zero-order chi connectivity index (χ0) is 14.7. The molecule has 0 spiro atoms. The summed E-state index contributed by atoms with van der Waals surface area (Å²) in [5.74, 6) is 0.217. The molecule has 21 heavy (non-hydrogen) atoms. The van der Waals surface area contributed by atoms with Crippen LogP contribution in [0.1, 0.15) is 6.92 Å². The van der Waals surface area contributed by atoms with E-state index in [1.165, 1.54) is 12.3 Å². The minimum absolute atomic E-state index is 0.178. The molecule has 2 aliphatic rings. The largest absolute Gasteiger partial charge is 0.379 e. The summed E-state index contributed by atoms with van der Waals surface area (Å²) in [5.41, 5.74) is 3.09. The lowest BCUT2D eigenvalue weighted by atomic mass is 10.3. The number of hydrazine groups is 2. The van der Waals surface area contributed by atoms with E-state index in [-0.39, 0.29) is 11.9 Å². The van der Waals surface area contributed by atoms with Crippen molar-refractivity contribution in [1.82, 2.24) is 20.4 Å². The van der Waals surface area contributed by atoms with E-state index in [1.807, 2.05) is 5.12 Å². The molecule has 0 radical (unpaired) electrons. The SMILES string of the molecule is CC(CN1CCOCC1)N1NC=NN1c1ccc(F)cn1. The van der Waals surface area contributed by atoms with Gasteiger partial charge >= 0.3 is 0 Å². The average Bonchev–Trinajstić information content (AvgIpc) is 2.98. The standard InChI is InChI=1S/C13H19FN6O/c1-11(9-18-4-6-21-7-5-18)19-16-10-17-20(19)13-3-2-12(14)8-15-13/h2-3,8,10-11H,4-7,9H2,1H3,(H,16,17). The van der Waals surface area contributed by atoms with Crippen LogP contribution in [0.4, 0.5) is 10.2 Å². The number of hydrogen-bond donors (Lipinski definition) is 1. The number of pyridine rings is 1. The van der Waals surface area contributed by atoms with Crippen LogP contribution in [0.5, 0.6) is 0 Å². The fraction of sp³-hybridized carbons (Fsp3) is 0.538. The number of hydrogen-bond acceptors (Lipinski definition) is 7. The average molecular weight is 294 g/mol. The van der Waals surface area contributed by atoms with Crippen molar-refractivity contribution in [2.24, 2.45) is 5.10 Å². The molecule has 0 bridgehead atoms. The van der Waals surface area contributed by atoms with Crippen molar-refractivity contribution in [1.29, 1.82) is 0 Å². The van der Waals surface area contributed by atoms with E-state index in [2.05, 4.69) is 27.3 Å². The monoisotopic (exact) mass is 294 g/mol. The van der Waals surface area contributed by atoms with Gasteiger partial charge in [-0.25, -0.2) is 9.37 Å². The molecule has 1 fully saturated rings. The van der Waals surface area contributed by atoms with Crippen LogP contribution in [0.2, 0.25) is 0 Å². The van der Waals surface area contributed by atoms with Crippen LogP contribution in [0, 0.1) is 5.82 Å². The summed E-state index contributed by atoms with van der Waals surface area (Å²) < 4.78 is 18.3. The Labute approximate surface area is 122 Å². The number of anilines is 1. The summed E-state index contributed by atoms with van der Waals surface area (Å²) in [6.07, 6.45) is 2.79. The highest BCUT2D eigenvalue weighted by atomic mass is 19.1. The van der Waals surface area contributed by atoms with Gasteiger partial charge in [0.15, 0.2) is 5.82 Å². The fourth-order valence-electron chi connectivity index (χ4n) is 2.45. The molecule has 114 valence electrons. The molecule has 3 heterocycles. The first-order valence-corrected chi connectivity index (χ1v) is 7.03. The van der Waals surface area contributed by atoms with Crippen LogP contribution in [0.15, 0.2) is 23.4 Å². The predicted molar refractivity (Wildman–Crippen MR) is 76.9 cm³/mol. The Hall–Kier alpha value is -1.77. The Balaban J connectivity index is 1.64. The number of hydrazone groups is 1. The molecule has 2 aliphatic heterocycles. The van der Waals surface area contributed by atoms with Crippen LogP contribution < -0.4 is 10.5 Å². The molecule has 0 aromatic carbocycles. The van der Waals surface area contributed by atoms with Crippen molar-refractivity contribution in [2.75, 3.05) is 38.0 Å². The smallest absolute Gasteiger partial charge is 0.168 e. The summed E-state index contributed by atoms with van der Waals surface area (Å²) in [4.78, 5) is 6.41. The third-order valence-electron chi connectivity index (χ3n) is 3.52. The van der Waals surface area contributed by atoms with Gasteiger partial charge in [-0.15, -0.1) is 10.2 Å². The molecule has 1 N–H and O–H groups in total. The number of nitrogens with one attached hydrogen (secondary N) is 1. The Morgan fingerprint density at radius 3 is 2.90 bits per heavy atom. The molecular formula is C13H19FN6O. The van der Waals surface area contributed by atoms with Gasteiger partial charge in [0, 0.05) is 19.6 Å². The lowest BCUT2D eigenvalue weighted by molar-refractivity contribution is 0.0210. The minimum Gasteiger partial charge on any atom is -0.379 e. The molecule has 3 rings (SSSR count). The summed E-state index contributed by atoms with van der Waals surface area (Å²) >= 11 is 0. The van der Waals surface area contributed by atoms with Gasteiger partial charge in [0.1, 0.15) is 12.2 Å². The second-order valence-electron chi connectivity index (χ2n) is 5.10. The van der Waals surface area contributed by atoms with Crippen molar-refractivity contribution in [2.45, 2.75) is 13.0 Å². The van der Waals surface area contributed by atoms with Crippen LogP contribution in [-0.2, 0) is 4.74 Å². The van der Waals surface area contributed by atoms with Crippen molar-refractivity contribution in [3.8, 4) is 0 Å². The second-order valence-corrected chi connectivity index (χ2v) is 5.10. The molecular weight excluding hydrogens is 275 g/mol. The number of morpholine rings is 1. The zero-order valence-corrected chi connectivity index (χ0v) is 11.9. The van der Waals surface area contributed by atoms with Gasteiger partial charge in [0.25, 0.3) is 0 Å². The van der Waals surface area contributed by atoms with Crippen molar-refractivity contribution in [3.05, 3.63) is 24.1 Å². The lowest BCUT2D eigenvalue weighted by Crippen LogP contribution is -2.54. The molecule has 8 heteroatoms. The predicted octanol–water partition coefficient (Wildman–Crippen LogP) is 0.426. The second kappa shape index (κ2) is 6.33. The van der Waals surface area contributed by atoms with Crippen molar-refractivity contribution in [3.63, 3.8) is 0 Å². The first-order chi connectivity index (χ1) is 10.2. The van der Waals surface area contributed by atoms with Crippen LogP contribution in [0.3, 0.4) is 0 Å². The topological polar surface area (TPSA) is 56.2 Å². The molecule has 1 unspecified atom stereocenters. The number of rotatable bonds is 4. The first-order valence-electron chi connectivity index (χ1n) is 7.03. The lowest BCUT2D eigenvalue weighted by Gasteiger charge is -2.35. The highest BCUT2D eigenvalue weighted by molar-refractivity contribution is 5.59. The Kier molecular flexibility index (Phi) is 4.28. The van der Waals surface area contributed by atoms with Crippen molar-refractivity contribution >= 4 is 12.2 Å². The van der Waals surface area contributed by atoms with E-state index >= 15 is 0 Å². The van der Waals surface area contributed by atoms with E-state index in [0.29, 0.717) is 5.82 Å². The minimum atomic E-state index is -0.359. The van der Waals surface area contributed by atoms with Crippen molar-refractivity contribution < 1.29 is 9.13 Å². The third kappa shape index (κ3) is 3.29. The van der Waals surface area contributed by atoms with E-state index in [0.717, 1.165) is 32.8 Å². The van der Waals surface area contributed by atoms with E-state index in [4.69, 9.17) is 4.74 Å². The summed E-state index contributed by atoms with van der Waals surface area (Å²) in [7, 11) is 0. The molecule has 1 saturated heterocycles. The molecule has 0 aliphatic carbocycles. The Morgan fingerprint density at radius 1 is 1.38 bits per heavy atom. The van der Waals surface area contributed by atoms with E-state index < -0.39 is 0 Å². The van der Waals surface area contributed by atoms with Gasteiger partial charge in [-0.1, -0.05) is 0 Å². The highest BCUT2D eigenvalue weighted by Crippen LogP contribution is 2.17. The van der Waals surface area contributed by atoms with Gasteiger partial charge in [0.2, 0.25) is 0 Å². The van der Waals surface area contributed by atoms with Crippen LogP contribution in [-0.4, -0.2) is 60.2 Å². The Bertz CT molecular complexity index is 490. The molecule has 7 nitrogen and oxygen atoms in total. The van der Waals surface area contributed by atoms with Gasteiger partial charge in [-0.05, 0) is 19.1 Å². The maximum absolute atomic E-state index is 13.0. The molecule has 1 aromatic rings. The number of aromatic nitrogens is 1. The normalized spacial score (nSPS) is 21.5. The number of ether oxygens (including phenoxy) is 1. The quantitative estimate of drug-likeness (QED) is 0.869. The van der Waals surface area contributed by atoms with Crippen LogP contribution >= 0.6 is 0 Å². The molecule has 0 saturated carbocycles. The molecule has 1 aromatic heterocycles. The third-order valence-corrected chi connectivity index (χ3v) is 3.52. The molecule has 0 amide bonds. The fourth-order valence-corrected chi connectivity index (χ4v) is 2.45. The van der Waals surface area contributed by atoms with Gasteiger partial charge < -0.3 is 4.74 Å². The van der Waals surface area contributed by atoms with Crippen LogP contribution in [0.25, 0.3) is 0 Å². The van der Waals surface area contributed by atoms with Gasteiger partial charge in [-0.2, -0.15) is 5.12 Å². The van der Waals surface area contributed by atoms with Gasteiger partial charge in [-0.3, -0.25) is 10.3 Å². The van der Waals surface area contributed by atoms with Gasteiger partial charge in [0.05, 0.1) is 25.5 Å². The first kappa shape index (κ1) is 14.2. The summed E-state index contributed by atoms with van der Waals surface area (Å²) in [6.45, 7) is 6.42. The summed E-state index contributed by atoms with van der Waals surface area (Å²) in [5, 5.41) is 7.75. The Morgan fingerprint density at radius 2 is 2.19 bits per heavy atom. The highest BCUT2D eigenvalue weighted by Gasteiger charge is 2.27.